The molecule has 0 unspecified atom stereocenters. The van der Waals surface area contributed by atoms with Gasteiger partial charge in [-0.2, -0.15) is 13.2 Å². The molecule has 2 rings (SSSR count). The fourth-order valence-corrected chi connectivity index (χ4v) is 3.12. The lowest BCUT2D eigenvalue weighted by molar-refractivity contribution is -0.140. The SMILES string of the molecule is Cc1sc(C(=O)c2cccc(C(F)(F)F)c2F)cc1Br. The highest BCUT2D eigenvalue weighted by molar-refractivity contribution is 9.10. The van der Waals surface area contributed by atoms with E-state index in [1.54, 1.807) is 6.92 Å². The molecular formula is C13H7BrF4OS. The minimum atomic E-state index is -4.83. The second-order valence-electron chi connectivity index (χ2n) is 4.01. The predicted molar refractivity (Wildman–Crippen MR) is 71.6 cm³/mol. The van der Waals surface area contributed by atoms with Gasteiger partial charge in [-0.25, -0.2) is 4.39 Å². The number of halogens is 5. The van der Waals surface area contributed by atoms with Crippen molar-refractivity contribution < 1.29 is 22.4 Å². The molecule has 1 nitrogen and oxygen atoms in total. The van der Waals surface area contributed by atoms with Crippen LogP contribution >= 0.6 is 27.3 Å². The summed E-state index contributed by atoms with van der Waals surface area (Å²) in [7, 11) is 0. The molecule has 106 valence electrons. The Balaban J connectivity index is 2.51. The van der Waals surface area contributed by atoms with Crippen LogP contribution in [0.2, 0.25) is 0 Å². The van der Waals surface area contributed by atoms with Gasteiger partial charge in [0.15, 0.2) is 0 Å². The Kier molecular flexibility index (Phi) is 4.02. The highest BCUT2D eigenvalue weighted by atomic mass is 79.9. The van der Waals surface area contributed by atoms with Gasteiger partial charge in [0, 0.05) is 9.35 Å². The first-order valence-corrected chi connectivity index (χ1v) is 6.99. The van der Waals surface area contributed by atoms with E-state index in [1.165, 1.54) is 6.07 Å². The molecule has 0 radical (unpaired) electrons. The molecule has 1 aromatic carbocycles. The van der Waals surface area contributed by atoms with Gasteiger partial charge < -0.3 is 0 Å². The first-order chi connectivity index (χ1) is 9.21. The second kappa shape index (κ2) is 5.29. The Hall–Kier alpha value is -1.21. The lowest BCUT2D eigenvalue weighted by atomic mass is 10.0. The van der Waals surface area contributed by atoms with Crippen molar-refractivity contribution in [2.24, 2.45) is 0 Å². The number of thiophene rings is 1. The molecule has 20 heavy (non-hydrogen) atoms. The molecule has 0 atom stereocenters. The van der Waals surface area contributed by atoms with Gasteiger partial charge in [-0.3, -0.25) is 4.79 Å². The van der Waals surface area contributed by atoms with E-state index in [1.807, 2.05) is 0 Å². The molecular weight excluding hydrogens is 360 g/mol. The molecule has 0 N–H and O–H groups in total. The van der Waals surface area contributed by atoms with Crippen LogP contribution in [0, 0.1) is 12.7 Å². The van der Waals surface area contributed by atoms with E-state index in [9.17, 15) is 22.4 Å². The van der Waals surface area contributed by atoms with Gasteiger partial charge >= 0.3 is 6.18 Å². The van der Waals surface area contributed by atoms with Crippen LogP contribution in [0.1, 0.15) is 25.7 Å². The smallest absolute Gasteiger partial charge is 0.288 e. The summed E-state index contributed by atoms with van der Waals surface area (Å²) in [6.45, 7) is 1.74. The van der Waals surface area contributed by atoms with Gasteiger partial charge in [0.05, 0.1) is 16.0 Å². The zero-order valence-electron chi connectivity index (χ0n) is 10.0. The number of benzene rings is 1. The summed E-state index contributed by atoms with van der Waals surface area (Å²) in [6.07, 6.45) is -4.83. The summed E-state index contributed by atoms with van der Waals surface area (Å²) in [5.41, 5.74) is -2.01. The minimum absolute atomic E-state index is 0.188. The number of hydrogen-bond donors (Lipinski definition) is 0. The molecule has 1 heterocycles. The number of carbonyl (C=O) groups is 1. The van der Waals surface area contributed by atoms with Crippen LogP contribution < -0.4 is 0 Å². The first kappa shape index (κ1) is 15.2. The van der Waals surface area contributed by atoms with Gasteiger partial charge in [-0.1, -0.05) is 6.07 Å². The van der Waals surface area contributed by atoms with Crippen molar-refractivity contribution in [1.82, 2.24) is 0 Å². The third-order valence-corrected chi connectivity index (χ3v) is 4.77. The van der Waals surface area contributed by atoms with Gasteiger partial charge in [-0.15, -0.1) is 11.3 Å². The van der Waals surface area contributed by atoms with Gasteiger partial charge in [0.1, 0.15) is 5.82 Å². The number of alkyl halides is 3. The number of hydrogen-bond acceptors (Lipinski definition) is 2. The normalized spacial score (nSPS) is 11.7. The number of rotatable bonds is 2. The van der Waals surface area contributed by atoms with Crippen LogP contribution in [0.4, 0.5) is 17.6 Å². The number of carbonyl (C=O) groups excluding carboxylic acids is 1. The highest BCUT2D eigenvalue weighted by Gasteiger charge is 2.35. The summed E-state index contributed by atoms with van der Waals surface area (Å²) < 4.78 is 52.3. The third-order valence-electron chi connectivity index (χ3n) is 2.63. The molecule has 0 amide bonds. The molecule has 0 aliphatic rings. The van der Waals surface area contributed by atoms with Crippen molar-refractivity contribution in [2.45, 2.75) is 13.1 Å². The summed E-state index contributed by atoms with van der Waals surface area (Å²) in [6, 6.07) is 4.16. The van der Waals surface area contributed by atoms with Gasteiger partial charge in [0.25, 0.3) is 0 Å². The van der Waals surface area contributed by atoms with Crippen molar-refractivity contribution in [3.63, 3.8) is 0 Å². The quantitative estimate of drug-likeness (QED) is 0.526. The summed E-state index contributed by atoms with van der Waals surface area (Å²) >= 11 is 4.30. The third kappa shape index (κ3) is 2.78. The van der Waals surface area contributed by atoms with Crippen molar-refractivity contribution >= 4 is 33.0 Å². The molecule has 1 aromatic heterocycles. The minimum Gasteiger partial charge on any atom is -0.288 e. The Labute approximate surface area is 124 Å². The fourth-order valence-electron chi connectivity index (χ4n) is 1.63. The maximum atomic E-state index is 13.9. The van der Waals surface area contributed by atoms with Crippen LogP contribution in [-0.4, -0.2) is 5.78 Å². The van der Waals surface area contributed by atoms with Crippen LogP contribution in [0.3, 0.4) is 0 Å². The molecule has 0 aliphatic heterocycles. The monoisotopic (exact) mass is 366 g/mol. The lowest BCUT2D eigenvalue weighted by Crippen LogP contribution is -2.12. The summed E-state index contributed by atoms with van der Waals surface area (Å²) in [4.78, 5) is 13.1. The molecule has 2 aromatic rings. The number of ketones is 1. The molecule has 7 heteroatoms. The molecule has 0 fully saturated rings. The van der Waals surface area contributed by atoms with E-state index in [-0.39, 0.29) is 4.88 Å². The lowest BCUT2D eigenvalue weighted by Gasteiger charge is -2.10. The standard InChI is InChI=1S/C13H7BrF4OS/c1-6-9(14)5-10(20-6)12(19)7-3-2-4-8(11(7)15)13(16,17)18/h2-5H,1H3. The van der Waals surface area contributed by atoms with Crippen molar-refractivity contribution in [2.75, 3.05) is 0 Å². The van der Waals surface area contributed by atoms with Gasteiger partial charge in [-0.05, 0) is 41.1 Å². The van der Waals surface area contributed by atoms with Gasteiger partial charge in [0.2, 0.25) is 5.78 Å². The van der Waals surface area contributed by atoms with Crippen molar-refractivity contribution in [3.8, 4) is 0 Å². The first-order valence-electron chi connectivity index (χ1n) is 5.38. The maximum Gasteiger partial charge on any atom is 0.419 e. The summed E-state index contributed by atoms with van der Waals surface area (Å²) in [5, 5.41) is 0. The van der Waals surface area contributed by atoms with E-state index in [4.69, 9.17) is 0 Å². The molecule has 0 saturated heterocycles. The zero-order chi connectivity index (χ0) is 15.1. The summed E-state index contributed by atoms with van der Waals surface area (Å²) in [5.74, 6) is -2.29. The Morgan fingerprint density at radius 3 is 2.45 bits per heavy atom. The predicted octanol–water partition coefficient (Wildman–Crippen LogP) is 5.21. The van der Waals surface area contributed by atoms with Crippen LogP contribution in [-0.2, 0) is 6.18 Å². The average Bonchev–Trinajstić information content (AvgIpc) is 2.67. The Morgan fingerprint density at radius 2 is 1.95 bits per heavy atom. The van der Waals surface area contributed by atoms with E-state index < -0.39 is 28.9 Å². The fraction of sp³-hybridized carbons (Fsp3) is 0.154. The highest BCUT2D eigenvalue weighted by Crippen LogP contribution is 2.34. The van der Waals surface area contributed by atoms with E-state index >= 15 is 0 Å². The Morgan fingerprint density at radius 1 is 1.30 bits per heavy atom. The van der Waals surface area contributed by atoms with Crippen LogP contribution in [0.15, 0.2) is 28.7 Å². The van der Waals surface area contributed by atoms with E-state index in [2.05, 4.69) is 15.9 Å². The maximum absolute atomic E-state index is 13.9. The topological polar surface area (TPSA) is 17.1 Å². The average molecular weight is 367 g/mol. The molecule has 0 spiro atoms. The molecule has 0 aliphatic carbocycles. The van der Waals surface area contributed by atoms with E-state index in [0.717, 1.165) is 28.3 Å². The second-order valence-corrected chi connectivity index (χ2v) is 6.12. The number of aryl methyl sites for hydroxylation is 1. The molecule has 0 bridgehead atoms. The Bertz CT molecular complexity index is 656. The van der Waals surface area contributed by atoms with Crippen molar-refractivity contribution in [1.29, 1.82) is 0 Å². The van der Waals surface area contributed by atoms with E-state index in [0.29, 0.717) is 10.5 Å². The largest absolute Gasteiger partial charge is 0.419 e. The molecule has 0 saturated carbocycles. The zero-order valence-corrected chi connectivity index (χ0v) is 12.4. The van der Waals surface area contributed by atoms with Crippen molar-refractivity contribution in [3.05, 3.63) is 55.4 Å². The van der Waals surface area contributed by atoms with Crippen LogP contribution in [0.5, 0.6) is 0 Å². The van der Waals surface area contributed by atoms with Crippen LogP contribution in [0.25, 0.3) is 0 Å².